The maximum Gasteiger partial charge on any atom is 0.224 e. The van der Waals surface area contributed by atoms with Crippen LogP contribution in [0, 0.1) is 0 Å². The van der Waals surface area contributed by atoms with Crippen molar-refractivity contribution in [2.45, 2.75) is 12.8 Å². The van der Waals surface area contributed by atoms with Crippen LogP contribution < -0.4 is 16.0 Å². The van der Waals surface area contributed by atoms with Crippen LogP contribution in [0.4, 0.5) is 17.1 Å². The summed E-state index contributed by atoms with van der Waals surface area (Å²) in [6, 6.07) is 15.1. The Morgan fingerprint density at radius 2 is 1.95 bits per heavy atom. The van der Waals surface area contributed by atoms with Gasteiger partial charge in [-0.3, -0.25) is 4.79 Å². The zero-order valence-electron chi connectivity index (χ0n) is 12.6. The number of nitrogen functional groups attached to an aromatic ring is 1. The molecule has 4 nitrogen and oxygen atoms in total. The zero-order valence-corrected chi connectivity index (χ0v) is 13.3. The molecule has 0 bridgehead atoms. The van der Waals surface area contributed by atoms with Crippen LogP contribution in [0.2, 0.25) is 5.02 Å². The summed E-state index contributed by atoms with van der Waals surface area (Å²) < 4.78 is 0. The van der Waals surface area contributed by atoms with E-state index in [4.69, 9.17) is 17.3 Å². The van der Waals surface area contributed by atoms with Gasteiger partial charge in [0.05, 0.1) is 11.4 Å². The lowest BCUT2D eigenvalue weighted by Gasteiger charge is -2.19. The van der Waals surface area contributed by atoms with Gasteiger partial charge in [0.2, 0.25) is 5.91 Å². The second kappa shape index (κ2) is 7.71. The molecular formula is C17H20ClN3O. The van der Waals surface area contributed by atoms with E-state index in [1.54, 1.807) is 18.2 Å². The number of hydrogen-bond donors (Lipinski definition) is 2. The summed E-state index contributed by atoms with van der Waals surface area (Å²) >= 11 is 5.90. The highest BCUT2D eigenvalue weighted by atomic mass is 35.5. The lowest BCUT2D eigenvalue weighted by Crippen LogP contribution is -2.20. The second-order valence-electron chi connectivity index (χ2n) is 5.14. The number of amides is 1. The Morgan fingerprint density at radius 3 is 2.68 bits per heavy atom. The number of halogens is 1. The SMILES string of the molecule is CN(CCCC(=O)Nc1cc(Cl)ccc1N)c1ccccc1. The van der Waals surface area contributed by atoms with Gasteiger partial charge >= 0.3 is 0 Å². The molecule has 22 heavy (non-hydrogen) atoms. The van der Waals surface area contributed by atoms with Crippen LogP contribution in [-0.2, 0) is 4.79 Å². The number of anilines is 3. The molecule has 0 unspecified atom stereocenters. The molecule has 0 atom stereocenters. The summed E-state index contributed by atoms with van der Waals surface area (Å²) in [4.78, 5) is 14.1. The second-order valence-corrected chi connectivity index (χ2v) is 5.58. The van der Waals surface area contributed by atoms with Gasteiger partial charge in [-0.2, -0.15) is 0 Å². The van der Waals surface area contributed by atoms with E-state index in [-0.39, 0.29) is 5.91 Å². The number of nitrogens with zero attached hydrogens (tertiary/aromatic N) is 1. The molecule has 2 aromatic rings. The lowest BCUT2D eigenvalue weighted by atomic mass is 10.2. The Balaban J connectivity index is 1.80. The first kappa shape index (κ1) is 16.2. The fraction of sp³-hybridized carbons (Fsp3) is 0.235. The van der Waals surface area contributed by atoms with Gasteiger partial charge in [-0.25, -0.2) is 0 Å². The Bertz CT molecular complexity index is 631. The third-order valence-corrected chi connectivity index (χ3v) is 3.62. The highest BCUT2D eigenvalue weighted by Crippen LogP contribution is 2.23. The van der Waals surface area contributed by atoms with E-state index >= 15 is 0 Å². The van der Waals surface area contributed by atoms with Crippen molar-refractivity contribution in [3.8, 4) is 0 Å². The fourth-order valence-corrected chi connectivity index (χ4v) is 2.31. The molecule has 0 saturated carbocycles. The first-order chi connectivity index (χ1) is 10.6. The minimum atomic E-state index is -0.0598. The van der Waals surface area contributed by atoms with Crippen LogP contribution in [0.1, 0.15) is 12.8 Å². The highest BCUT2D eigenvalue weighted by Gasteiger charge is 2.07. The van der Waals surface area contributed by atoms with Crippen LogP contribution in [0.15, 0.2) is 48.5 Å². The highest BCUT2D eigenvalue weighted by molar-refractivity contribution is 6.31. The van der Waals surface area contributed by atoms with Gasteiger partial charge in [0.1, 0.15) is 0 Å². The summed E-state index contributed by atoms with van der Waals surface area (Å²) in [5.41, 5.74) is 8.03. The van der Waals surface area contributed by atoms with Gasteiger partial charge in [-0.05, 0) is 36.8 Å². The van der Waals surface area contributed by atoms with Crippen molar-refractivity contribution in [3.05, 3.63) is 53.6 Å². The van der Waals surface area contributed by atoms with Crippen LogP contribution in [-0.4, -0.2) is 19.5 Å². The Kier molecular flexibility index (Phi) is 5.67. The molecule has 1 amide bonds. The molecule has 0 spiro atoms. The molecule has 0 aliphatic carbocycles. The lowest BCUT2D eigenvalue weighted by molar-refractivity contribution is -0.116. The van der Waals surface area contributed by atoms with Gasteiger partial charge in [-0.15, -0.1) is 0 Å². The van der Waals surface area contributed by atoms with E-state index in [2.05, 4.69) is 10.2 Å². The van der Waals surface area contributed by atoms with Crippen molar-refractivity contribution in [3.63, 3.8) is 0 Å². The van der Waals surface area contributed by atoms with Gasteiger partial charge in [0.25, 0.3) is 0 Å². The molecule has 0 fully saturated rings. The van der Waals surface area contributed by atoms with E-state index in [1.807, 2.05) is 37.4 Å². The van der Waals surface area contributed by atoms with E-state index < -0.39 is 0 Å². The number of benzene rings is 2. The van der Waals surface area contributed by atoms with Gasteiger partial charge in [0, 0.05) is 30.7 Å². The molecule has 5 heteroatoms. The summed E-state index contributed by atoms with van der Waals surface area (Å²) in [5, 5.41) is 3.35. The Labute approximate surface area is 135 Å². The molecule has 0 radical (unpaired) electrons. The fourth-order valence-electron chi connectivity index (χ4n) is 2.14. The monoisotopic (exact) mass is 317 g/mol. The van der Waals surface area contributed by atoms with Crippen molar-refractivity contribution in [1.82, 2.24) is 0 Å². The number of carbonyl (C=O) groups is 1. The Hall–Kier alpha value is -2.20. The predicted molar refractivity (Wildman–Crippen MR) is 93.4 cm³/mol. The quantitative estimate of drug-likeness (QED) is 0.797. The van der Waals surface area contributed by atoms with E-state index in [0.717, 1.165) is 18.7 Å². The van der Waals surface area contributed by atoms with Crippen LogP contribution in [0.5, 0.6) is 0 Å². The summed E-state index contributed by atoms with van der Waals surface area (Å²) in [7, 11) is 2.02. The number of para-hydroxylation sites is 1. The van der Waals surface area contributed by atoms with Crippen LogP contribution >= 0.6 is 11.6 Å². The largest absolute Gasteiger partial charge is 0.397 e. The summed E-state index contributed by atoms with van der Waals surface area (Å²) in [6.07, 6.45) is 1.20. The van der Waals surface area contributed by atoms with Crippen molar-refractivity contribution in [2.24, 2.45) is 0 Å². The first-order valence-electron chi connectivity index (χ1n) is 7.17. The standard InChI is InChI=1S/C17H20ClN3O/c1-21(14-6-3-2-4-7-14)11-5-8-17(22)20-16-12-13(18)9-10-15(16)19/h2-4,6-7,9-10,12H,5,8,11,19H2,1H3,(H,20,22). The molecule has 2 rings (SSSR count). The minimum absolute atomic E-state index is 0.0598. The van der Waals surface area contributed by atoms with Gasteiger partial charge in [0.15, 0.2) is 0 Å². The zero-order chi connectivity index (χ0) is 15.9. The normalized spacial score (nSPS) is 10.3. The minimum Gasteiger partial charge on any atom is -0.397 e. The molecule has 2 aromatic carbocycles. The first-order valence-corrected chi connectivity index (χ1v) is 7.55. The van der Waals surface area contributed by atoms with Crippen molar-refractivity contribution >= 4 is 34.6 Å². The van der Waals surface area contributed by atoms with E-state index in [1.165, 1.54) is 0 Å². The third kappa shape index (κ3) is 4.67. The number of nitrogens with one attached hydrogen (secondary N) is 1. The van der Waals surface area contributed by atoms with Crippen molar-refractivity contribution in [2.75, 3.05) is 29.5 Å². The maximum absolute atomic E-state index is 12.0. The Morgan fingerprint density at radius 1 is 1.23 bits per heavy atom. The molecule has 0 saturated heterocycles. The third-order valence-electron chi connectivity index (χ3n) is 3.38. The predicted octanol–water partition coefficient (Wildman–Crippen LogP) is 3.78. The number of carbonyl (C=O) groups excluding carboxylic acids is 1. The topological polar surface area (TPSA) is 58.4 Å². The van der Waals surface area contributed by atoms with E-state index in [9.17, 15) is 4.79 Å². The molecule has 116 valence electrons. The van der Waals surface area contributed by atoms with Crippen molar-refractivity contribution in [1.29, 1.82) is 0 Å². The summed E-state index contributed by atoms with van der Waals surface area (Å²) in [6.45, 7) is 0.808. The van der Waals surface area contributed by atoms with Crippen LogP contribution in [0.3, 0.4) is 0 Å². The molecule has 0 aromatic heterocycles. The van der Waals surface area contributed by atoms with Gasteiger partial charge < -0.3 is 16.0 Å². The average molecular weight is 318 g/mol. The number of nitrogens with two attached hydrogens (primary N) is 1. The molecule has 3 N–H and O–H groups in total. The molecule has 0 aliphatic heterocycles. The molecule has 0 heterocycles. The van der Waals surface area contributed by atoms with Gasteiger partial charge in [-0.1, -0.05) is 29.8 Å². The summed E-state index contributed by atoms with van der Waals surface area (Å²) in [5.74, 6) is -0.0598. The molecular weight excluding hydrogens is 298 g/mol. The number of hydrogen-bond acceptors (Lipinski definition) is 3. The van der Waals surface area contributed by atoms with Crippen molar-refractivity contribution < 1.29 is 4.79 Å². The average Bonchev–Trinajstić information content (AvgIpc) is 2.51. The smallest absolute Gasteiger partial charge is 0.224 e. The maximum atomic E-state index is 12.0. The van der Waals surface area contributed by atoms with E-state index in [0.29, 0.717) is 22.8 Å². The number of rotatable bonds is 6. The van der Waals surface area contributed by atoms with Crippen LogP contribution in [0.25, 0.3) is 0 Å². The molecule has 0 aliphatic rings.